The third kappa shape index (κ3) is 5.41. The molecule has 0 spiro atoms. The number of rotatable bonds is 7. The molecule has 1 heterocycles. The Hall–Kier alpha value is -4.07. The SMILES string of the molecule is O=C(O)CCc1cccc(Oc2ccc(Oc3ccnc4ccccc34)cc2C(F)(F)F)c1. The Kier molecular flexibility index (Phi) is 6.17. The van der Waals surface area contributed by atoms with Gasteiger partial charge in [0.2, 0.25) is 0 Å². The van der Waals surface area contributed by atoms with Crippen LogP contribution in [0.4, 0.5) is 13.2 Å². The smallest absolute Gasteiger partial charge is 0.420 e. The van der Waals surface area contributed by atoms with Gasteiger partial charge < -0.3 is 14.6 Å². The highest BCUT2D eigenvalue weighted by Gasteiger charge is 2.35. The molecule has 0 bridgehead atoms. The van der Waals surface area contributed by atoms with E-state index in [-0.39, 0.29) is 30.1 Å². The van der Waals surface area contributed by atoms with Crippen molar-refractivity contribution in [1.82, 2.24) is 4.98 Å². The first-order chi connectivity index (χ1) is 15.8. The van der Waals surface area contributed by atoms with Crippen LogP contribution >= 0.6 is 0 Å². The van der Waals surface area contributed by atoms with Crippen molar-refractivity contribution < 1.29 is 32.5 Å². The highest BCUT2D eigenvalue weighted by molar-refractivity contribution is 5.84. The number of aliphatic carboxylic acids is 1. The van der Waals surface area contributed by atoms with E-state index in [9.17, 15) is 18.0 Å². The van der Waals surface area contributed by atoms with E-state index in [1.165, 1.54) is 30.5 Å². The van der Waals surface area contributed by atoms with Crippen LogP contribution < -0.4 is 9.47 Å². The van der Waals surface area contributed by atoms with Gasteiger partial charge in [0.05, 0.1) is 5.52 Å². The summed E-state index contributed by atoms with van der Waals surface area (Å²) in [5, 5.41) is 9.50. The average Bonchev–Trinajstić information content (AvgIpc) is 2.78. The second-order valence-corrected chi connectivity index (χ2v) is 7.23. The van der Waals surface area contributed by atoms with E-state index in [1.807, 2.05) is 6.07 Å². The number of pyridine rings is 1. The summed E-state index contributed by atoms with van der Waals surface area (Å²) < 4.78 is 52.7. The van der Waals surface area contributed by atoms with Gasteiger partial charge in [-0.1, -0.05) is 24.3 Å². The number of carboxylic acids is 1. The quantitative estimate of drug-likeness (QED) is 0.331. The second-order valence-electron chi connectivity index (χ2n) is 7.23. The zero-order valence-corrected chi connectivity index (χ0v) is 17.2. The van der Waals surface area contributed by atoms with Gasteiger partial charge in [-0.05, 0) is 60.5 Å². The first-order valence-corrected chi connectivity index (χ1v) is 10.0. The highest BCUT2D eigenvalue weighted by Crippen LogP contribution is 2.41. The Bertz CT molecular complexity index is 1300. The standard InChI is InChI=1S/C25H18F3NO4/c26-25(27,28)20-15-18(32-22-12-13-29-21-7-2-1-6-19(21)22)9-10-23(20)33-17-5-3-4-16(14-17)8-11-24(30)31/h1-7,9-10,12-15H,8,11H2,(H,30,31). The summed E-state index contributed by atoms with van der Waals surface area (Å²) in [6.07, 6.45) is -3.01. The van der Waals surface area contributed by atoms with Crippen molar-refractivity contribution in [2.75, 3.05) is 0 Å². The van der Waals surface area contributed by atoms with Gasteiger partial charge in [0.25, 0.3) is 0 Å². The van der Waals surface area contributed by atoms with Crippen molar-refractivity contribution in [1.29, 1.82) is 0 Å². The summed E-state index contributed by atoms with van der Waals surface area (Å²) in [7, 11) is 0. The van der Waals surface area contributed by atoms with E-state index >= 15 is 0 Å². The molecule has 1 N–H and O–H groups in total. The Morgan fingerprint density at radius 2 is 1.64 bits per heavy atom. The molecule has 4 aromatic rings. The van der Waals surface area contributed by atoms with Crippen LogP contribution in [0.25, 0.3) is 10.9 Å². The highest BCUT2D eigenvalue weighted by atomic mass is 19.4. The number of aryl methyl sites for hydroxylation is 1. The molecule has 0 aliphatic carbocycles. The van der Waals surface area contributed by atoms with Crippen LogP contribution in [-0.4, -0.2) is 16.1 Å². The van der Waals surface area contributed by atoms with Crippen molar-refractivity contribution in [2.45, 2.75) is 19.0 Å². The number of halogens is 3. The van der Waals surface area contributed by atoms with E-state index in [2.05, 4.69) is 4.98 Å². The Labute approximate surface area is 187 Å². The number of aromatic nitrogens is 1. The molecule has 3 aromatic carbocycles. The third-order valence-electron chi connectivity index (χ3n) is 4.85. The molecule has 0 saturated heterocycles. The van der Waals surface area contributed by atoms with Gasteiger partial charge >= 0.3 is 12.1 Å². The predicted molar refractivity (Wildman–Crippen MR) is 116 cm³/mol. The molecule has 0 aliphatic rings. The number of para-hydroxylation sites is 1. The van der Waals surface area contributed by atoms with E-state index in [1.54, 1.807) is 36.4 Å². The Morgan fingerprint density at radius 3 is 2.42 bits per heavy atom. The fourth-order valence-corrected chi connectivity index (χ4v) is 3.31. The summed E-state index contributed by atoms with van der Waals surface area (Å²) >= 11 is 0. The van der Waals surface area contributed by atoms with E-state index in [4.69, 9.17) is 14.6 Å². The Morgan fingerprint density at radius 1 is 0.879 bits per heavy atom. The molecule has 0 atom stereocenters. The van der Waals surface area contributed by atoms with Crippen molar-refractivity contribution in [3.63, 3.8) is 0 Å². The van der Waals surface area contributed by atoms with Crippen LogP contribution in [0.5, 0.6) is 23.0 Å². The summed E-state index contributed by atoms with van der Waals surface area (Å²) in [4.78, 5) is 15.0. The molecule has 4 rings (SSSR count). The molecule has 1 aromatic heterocycles. The molecular formula is C25H18F3NO4. The molecule has 0 amide bonds. The molecule has 0 fully saturated rings. The van der Waals surface area contributed by atoms with Crippen LogP contribution in [0.15, 0.2) is 79.0 Å². The molecular weight excluding hydrogens is 435 g/mol. The minimum atomic E-state index is -4.68. The molecule has 0 saturated carbocycles. The summed E-state index contributed by atoms with van der Waals surface area (Å²) in [6, 6.07) is 18.6. The number of alkyl halides is 3. The average molecular weight is 453 g/mol. The summed E-state index contributed by atoms with van der Waals surface area (Å²) in [6.45, 7) is 0. The number of fused-ring (bicyclic) bond motifs is 1. The first kappa shape index (κ1) is 22.1. The minimum Gasteiger partial charge on any atom is -0.481 e. The molecule has 0 radical (unpaired) electrons. The zero-order chi connectivity index (χ0) is 23.4. The first-order valence-electron chi connectivity index (χ1n) is 10.0. The Balaban J connectivity index is 1.63. The van der Waals surface area contributed by atoms with Crippen molar-refractivity contribution in [3.8, 4) is 23.0 Å². The molecule has 168 valence electrons. The van der Waals surface area contributed by atoms with Crippen molar-refractivity contribution in [2.24, 2.45) is 0 Å². The topological polar surface area (TPSA) is 68.7 Å². The fourth-order valence-electron chi connectivity index (χ4n) is 3.31. The number of carbonyl (C=O) groups is 1. The minimum absolute atomic E-state index is 0.00115. The van der Waals surface area contributed by atoms with E-state index in [0.717, 1.165) is 6.07 Å². The number of hydrogen-bond acceptors (Lipinski definition) is 4. The number of carboxylic acid groups (broad SMARTS) is 1. The van der Waals surface area contributed by atoms with Crippen molar-refractivity contribution >= 4 is 16.9 Å². The molecule has 33 heavy (non-hydrogen) atoms. The lowest BCUT2D eigenvalue weighted by Crippen LogP contribution is -2.07. The molecule has 5 nitrogen and oxygen atoms in total. The van der Waals surface area contributed by atoms with E-state index in [0.29, 0.717) is 22.2 Å². The zero-order valence-electron chi connectivity index (χ0n) is 17.2. The number of hydrogen-bond donors (Lipinski definition) is 1. The lowest BCUT2D eigenvalue weighted by molar-refractivity contribution is -0.139. The number of ether oxygens (including phenoxy) is 2. The van der Waals surface area contributed by atoms with Gasteiger partial charge in [0, 0.05) is 18.0 Å². The van der Waals surface area contributed by atoms with Crippen molar-refractivity contribution in [3.05, 3.63) is 90.1 Å². The maximum Gasteiger partial charge on any atom is 0.420 e. The monoisotopic (exact) mass is 453 g/mol. The number of nitrogens with zero attached hydrogens (tertiary/aromatic N) is 1. The van der Waals surface area contributed by atoms with Crippen LogP contribution in [-0.2, 0) is 17.4 Å². The maximum absolute atomic E-state index is 13.8. The van der Waals surface area contributed by atoms with E-state index < -0.39 is 17.7 Å². The van der Waals surface area contributed by atoms with Gasteiger partial charge in [-0.25, -0.2) is 0 Å². The van der Waals surface area contributed by atoms with Gasteiger partial charge in [-0.2, -0.15) is 13.2 Å². The normalized spacial score (nSPS) is 11.4. The lowest BCUT2D eigenvalue weighted by atomic mass is 10.1. The van der Waals surface area contributed by atoms with Crippen LogP contribution in [0.2, 0.25) is 0 Å². The van der Waals surface area contributed by atoms with Gasteiger partial charge in [0.1, 0.15) is 28.6 Å². The summed E-state index contributed by atoms with van der Waals surface area (Å²) in [5.74, 6) is -0.782. The lowest BCUT2D eigenvalue weighted by Gasteiger charge is -2.16. The maximum atomic E-state index is 13.8. The van der Waals surface area contributed by atoms with Crippen LogP contribution in [0, 0.1) is 0 Å². The molecule has 0 aliphatic heterocycles. The second kappa shape index (κ2) is 9.20. The third-order valence-corrected chi connectivity index (χ3v) is 4.85. The van der Waals surface area contributed by atoms with Crippen LogP contribution in [0.1, 0.15) is 17.5 Å². The molecule has 0 unspecified atom stereocenters. The fraction of sp³-hybridized carbons (Fsp3) is 0.120. The van der Waals surface area contributed by atoms with Gasteiger partial charge in [0.15, 0.2) is 0 Å². The van der Waals surface area contributed by atoms with Gasteiger partial charge in [-0.15, -0.1) is 0 Å². The predicted octanol–water partition coefficient (Wildman–Crippen LogP) is 6.86. The largest absolute Gasteiger partial charge is 0.481 e. The number of benzene rings is 3. The molecule has 8 heteroatoms. The summed E-state index contributed by atoms with van der Waals surface area (Å²) in [5.41, 5.74) is 0.316. The van der Waals surface area contributed by atoms with Gasteiger partial charge in [-0.3, -0.25) is 9.78 Å². The van der Waals surface area contributed by atoms with Crippen LogP contribution in [0.3, 0.4) is 0 Å².